The lowest BCUT2D eigenvalue weighted by molar-refractivity contribution is -0.153. The van der Waals surface area contributed by atoms with Crippen LogP contribution in [0.15, 0.2) is 36.4 Å². The summed E-state index contributed by atoms with van der Waals surface area (Å²) in [7, 11) is 0. The van der Waals surface area contributed by atoms with Gasteiger partial charge in [-0.2, -0.15) is 0 Å². The maximum absolute atomic E-state index is 11.3. The van der Waals surface area contributed by atoms with E-state index in [-0.39, 0.29) is 23.7 Å². The molecule has 2 aliphatic heterocycles. The molecule has 4 atom stereocenters. The van der Waals surface area contributed by atoms with Crippen molar-refractivity contribution in [3.05, 3.63) is 64.2 Å². The van der Waals surface area contributed by atoms with E-state index < -0.39 is 11.6 Å². The van der Waals surface area contributed by atoms with E-state index >= 15 is 0 Å². The lowest BCUT2D eigenvalue weighted by Gasteiger charge is -2.50. The van der Waals surface area contributed by atoms with E-state index in [1.54, 1.807) is 12.1 Å². The molecule has 1 N–H and O–H groups in total. The third-order valence-corrected chi connectivity index (χ3v) is 6.59. The SMILES string of the molecule is Cc1ccc([C@H]2C[C@H]3[C@H](O[C@H]2C)c2ccc(C(=O)O)cc2OC3(C)C)cc1C. The zero-order valence-corrected chi connectivity index (χ0v) is 17.2. The molecule has 0 aliphatic carbocycles. The quantitative estimate of drug-likeness (QED) is 0.755. The average molecular weight is 380 g/mol. The highest BCUT2D eigenvalue weighted by atomic mass is 16.5. The number of hydrogen-bond donors (Lipinski definition) is 1. The van der Waals surface area contributed by atoms with E-state index in [1.165, 1.54) is 16.7 Å². The van der Waals surface area contributed by atoms with Gasteiger partial charge >= 0.3 is 5.97 Å². The molecule has 2 aliphatic rings. The number of benzene rings is 2. The van der Waals surface area contributed by atoms with Crippen LogP contribution in [0.2, 0.25) is 0 Å². The molecule has 4 heteroatoms. The Hall–Kier alpha value is -2.33. The van der Waals surface area contributed by atoms with E-state index in [4.69, 9.17) is 9.47 Å². The van der Waals surface area contributed by atoms with Crippen molar-refractivity contribution in [2.75, 3.05) is 0 Å². The summed E-state index contributed by atoms with van der Waals surface area (Å²) in [6.45, 7) is 10.6. The van der Waals surface area contributed by atoms with E-state index in [0.717, 1.165) is 12.0 Å². The standard InChI is InChI=1S/C24H28O4/c1-13-6-7-16(10-14(13)2)19-12-20-22(27-15(19)3)18-9-8-17(23(25)26)11-21(18)28-24(20,4)5/h6-11,15,19-20,22H,12H2,1-5H3,(H,25,26)/t15-,19-,20-,22+/m0/s1. The zero-order chi connectivity index (χ0) is 20.2. The number of fused-ring (bicyclic) bond motifs is 3. The molecule has 0 bridgehead atoms. The molecule has 1 saturated heterocycles. The Kier molecular flexibility index (Phi) is 4.50. The van der Waals surface area contributed by atoms with Crippen molar-refractivity contribution in [3.8, 4) is 5.75 Å². The predicted octanol–water partition coefficient (Wildman–Crippen LogP) is 5.42. The highest BCUT2D eigenvalue weighted by Crippen LogP contribution is 2.53. The van der Waals surface area contributed by atoms with Gasteiger partial charge in [0.2, 0.25) is 0 Å². The van der Waals surface area contributed by atoms with Crippen molar-refractivity contribution in [2.24, 2.45) is 5.92 Å². The first-order valence-corrected chi connectivity index (χ1v) is 9.96. The van der Waals surface area contributed by atoms with Gasteiger partial charge in [-0.3, -0.25) is 0 Å². The lowest BCUT2D eigenvalue weighted by atomic mass is 9.70. The first-order chi connectivity index (χ1) is 13.2. The summed E-state index contributed by atoms with van der Waals surface area (Å²) in [4.78, 5) is 11.3. The summed E-state index contributed by atoms with van der Waals surface area (Å²) in [6, 6.07) is 11.8. The first-order valence-electron chi connectivity index (χ1n) is 9.96. The van der Waals surface area contributed by atoms with Gasteiger partial charge in [-0.1, -0.05) is 24.3 Å². The second-order valence-corrected chi connectivity index (χ2v) is 8.82. The molecule has 4 nitrogen and oxygen atoms in total. The molecule has 0 radical (unpaired) electrons. The summed E-state index contributed by atoms with van der Waals surface area (Å²) in [5.74, 6) is 0.184. The van der Waals surface area contributed by atoms with Crippen LogP contribution < -0.4 is 4.74 Å². The molecule has 2 aromatic rings. The van der Waals surface area contributed by atoms with E-state index in [0.29, 0.717) is 11.7 Å². The minimum absolute atomic E-state index is 0.0734. The lowest BCUT2D eigenvalue weighted by Crippen LogP contribution is -2.50. The number of carboxylic acids is 1. The van der Waals surface area contributed by atoms with Gasteiger partial charge in [-0.15, -0.1) is 0 Å². The zero-order valence-electron chi connectivity index (χ0n) is 17.2. The number of carbonyl (C=O) groups is 1. The van der Waals surface area contributed by atoms with Gasteiger partial charge in [0.25, 0.3) is 0 Å². The van der Waals surface area contributed by atoms with Crippen LogP contribution in [0.5, 0.6) is 5.75 Å². The van der Waals surface area contributed by atoms with Crippen LogP contribution in [0.4, 0.5) is 0 Å². The van der Waals surface area contributed by atoms with Gasteiger partial charge in [0.15, 0.2) is 0 Å². The smallest absolute Gasteiger partial charge is 0.335 e. The van der Waals surface area contributed by atoms with Crippen LogP contribution in [0, 0.1) is 19.8 Å². The second kappa shape index (κ2) is 6.63. The highest BCUT2D eigenvalue weighted by Gasteiger charge is 2.49. The predicted molar refractivity (Wildman–Crippen MR) is 108 cm³/mol. The largest absolute Gasteiger partial charge is 0.487 e. The number of ether oxygens (including phenoxy) is 2. The van der Waals surface area contributed by atoms with Gasteiger partial charge < -0.3 is 14.6 Å². The fraction of sp³-hybridized carbons (Fsp3) is 0.458. The normalized spacial score (nSPS) is 28.0. The molecule has 0 spiro atoms. The van der Waals surface area contributed by atoms with Crippen molar-refractivity contribution in [1.82, 2.24) is 0 Å². The molecule has 0 amide bonds. The van der Waals surface area contributed by atoms with Crippen LogP contribution in [-0.4, -0.2) is 22.8 Å². The third kappa shape index (κ3) is 3.10. The van der Waals surface area contributed by atoms with Gasteiger partial charge in [-0.25, -0.2) is 4.79 Å². The molecule has 2 heterocycles. The van der Waals surface area contributed by atoms with Gasteiger partial charge in [0.1, 0.15) is 11.4 Å². The number of carboxylic acid groups (broad SMARTS) is 1. The molecular formula is C24H28O4. The highest BCUT2D eigenvalue weighted by molar-refractivity contribution is 5.88. The molecular weight excluding hydrogens is 352 g/mol. The monoisotopic (exact) mass is 380 g/mol. The first kappa shape index (κ1) is 19.0. The van der Waals surface area contributed by atoms with Crippen molar-refractivity contribution in [1.29, 1.82) is 0 Å². The van der Waals surface area contributed by atoms with E-state index in [1.807, 2.05) is 6.07 Å². The maximum Gasteiger partial charge on any atom is 0.335 e. The van der Waals surface area contributed by atoms with Crippen LogP contribution >= 0.6 is 0 Å². The Bertz CT molecular complexity index is 930. The summed E-state index contributed by atoms with van der Waals surface area (Å²) >= 11 is 0. The fourth-order valence-electron chi connectivity index (χ4n) is 4.70. The van der Waals surface area contributed by atoms with E-state index in [2.05, 4.69) is 52.8 Å². The van der Waals surface area contributed by atoms with E-state index in [9.17, 15) is 9.90 Å². The van der Waals surface area contributed by atoms with Crippen LogP contribution in [-0.2, 0) is 4.74 Å². The number of hydrogen-bond acceptors (Lipinski definition) is 3. The second-order valence-electron chi connectivity index (χ2n) is 8.82. The Morgan fingerprint density at radius 2 is 1.86 bits per heavy atom. The van der Waals surface area contributed by atoms with Crippen LogP contribution in [0.1, 0.15) is 71.8 Å². The van der Waals surface area contributed by atoms with Gasteiger partial charge in [0, 0.05) is 17.4 Å². The summed E-state index contributed by atoms with van der Waals surface area (Å²) in [5.41, 5.74) is 4.68. The Morgan fingerprint density at radius 1 is 1.11 bits per heavy atom. The number of aryl methyl sites for hydroxylation is 2. The molecule has 148 valence electrons. The summed E-state index contributed by atoms with van der Waals surface area (Å²) in [6.07, 6.45) is 0.963. The Labute approximate surface area is 166 Å². The van der Waals surface area contributed by atoms with Crippen molar-refractivity contribution < 1.29 is 19.4 Å². The van der Waals surface area contributed by atoms with Crippen molar-refractivity contribution in [3.63, 3.8) is 0 Å². The Morgan fingerprint density at radius 3 is 2.54 bits per heavy atom. The topological polar surface area (TPSA) is 55.8 Å². The maximum atomic E-state index is 11.3. The number of aromatic carboxylic acids is 1. The molecule has 1 fully saturated rings. The van der Waals surface area contributed by atoms with Crippen molar-refractivity contribution >= 4 is 5.97 Å². The molecule has 0 unspecified atom stereocenters. The summed E-state index contributed by atoms with van der Waals surface area (Å²) < 4.78 is 12.9. The molecule has 0 aromatic heterocycles. The minimum Gasteiger partial charge on any atom is -0.487 e. The molecule has 28 heavy (non-hydrogen) atoms. The average Bonchev–Trinajstić information content (AvgIpc) is 2.62. The molecule has 2 aromatic carbocycles. The van der Waals surface area contributed by atoms with Gasteiger partial charge in [-0.05, 0) is 69.9 Å². The number of rotatable bonds is 2. The minimum atomic E-state index is -0.945. The third-order valence-electron chi connectivity index (χ3n) is 6.59. The molecule has 4 rings (SSSR count). The summed E-state index contributed by atoms with van der Waals surface area (Å²) in [5, 5.41) is 9.31. The molecule has 0 saturated carbocycles. The Balaban J connectivity index is 1.70. The van der Waals surface area contributed by atoms with Crippen LogP contribution in [0.3, 0.4) is 0 Å². The van der Waals surface area contributed by atoms with Gasteiger partial charge in [0.05, 0.1) is 17.8 Å². The van der Waals surface area contributed by atoms with Crippen LogP contribution in [0.25, 0.3) is 0 Å². The fourth-order valence-corrected chi connectivity index (χ4v) is 4.70. The van der Waals surface area contributed by atoms with Crippen molar-refractivity contribution in [2.45, 2.75) is 64.8 Å².